The van der Waals surface area contributed by atoms with Crippen LogP contribution < -0.4 is 31.9 Å². The summed E-state index contributed by atoms with van der Waals surface area (Å²) >= 11 is 0. The van der Waals surface area contributed by atoms with Gasteiger partial charge in [-0.05, 0) is 83.6 Å². The number of urea groups is 1. The number of fused-ring (bicyclic) bond motifs is 2. The molecule has 404 valence electrons. The molecule has 10 N–H and O–H groups in total. The van der Waals surface area contributed by atoms with Gasteiger partial charge < -0.3 is 50.2 Å². The van der Waals surface area contributed by atoms with Crippen LogP contribution in [0.15, 0.2) is 129 Å². The van der Waals surface area contributed by atoms with Crippen LogP contribution in [0.1, 0.15) is 42.0 Å². The third-order valence-corrected chi connectivity index (χ3v) is 14.9. The molecule has 0 unspecified atom stereocenters. The quantitative estimate of drug-likeness (QED) is 0.0552. The van der Waals surface area contributed by atoms with Gasteiger partial charge in [0.25, 0.3) is 64.1 Å². The molecular formula is C45H44N10Na4O17S4. The second kappa shape index (κ2) is 25.8. The van der Waals surface area contributed by atoms with Crippen molar-refractivity contribution in [3.05, 3.63) is 132 Å². The molecule has 4 aromatic carbocycles. The molecule has 35 heteroatoms. The predicted octanol–water partition coefficient (Wildman–Crippen LogP) is 2.39. The number of aryl methyl sites for hydroxylation is 4. The van der Waals surface area contributed by atoms with Gasteiger partial charge in [-0.1, -0.05) is 12.1 Å². The number of carbonyl (C=O) groups is 5. The Balaban J connectivity index is 0.00000344. The van der Waals surface area contributed by atoms with Gasteiger partial charge >= 0.3 is 124 Å². The van der Waals surface area contributed by atoms with E-state index in [1.54, 1.807) is 0 Å². The van der Waals surface area contributed by atoms with Crippen LogP contribution >= 0.6 is 0 Å². The Labute approximate surface area is 543 Å². The number of carbonyl (C=O) groups excluding carboxylic acids is 5. The third-order valence-electron chi connectivity index (χ3n) is 11.4. The number of nitrogens with zero attached hydrogens (tertiary/aromatic N) is 4. The zero-order valence-corrected chi connectivity index (χ0v) is 42.7. The van der Waals surface area contributed by atoms with Crippen molar-refractivity contribution in [1.82, 2.24) is 18.3 Å². The summed E-state index contributed by atoms with van der Waals surface area (Å²) in [5, 5.41) is 15.4. The summed E-state index contributed by atoms with van der Waals surface area (Å²) in [6.45, 7) is 0. The van der Waals surface area contributed by atoms with Gasteiger partial charge in [0.05, 0.1) is 32.5 Å². The number of nitrogens with one attached hydrogen (secondary N) is 6. The van der Waals surface area contributed by atoms with Crippen molar-refractivity contribution in [3.63, 3.8) is 0 Å². The molecular weight excluding hydrogens is 1170 g/mol. The Morgan fingerprint density at radius 1 is 0.350 bits per heavy atom. The van der Waals surface area contributed by atoms with Gasteiger partial charge in [0, 0.05) is 75.1 Å². The Morgan fingerprint density at radius 3 is 0.875 bits per heavy atom. The van der Waals surface area contributed by atoms with Crippen LogP contribution in [0.2, 0.25) is 0 Å². The van der Waals surface area contributed by atoms with Crippen molar-refractivity contribution in [2.75, 3.05) is 31.9 Å². The maximum atomic E-state index is 13.4. The number of aromatic nitrogens is 4. The van der Waals surface area contributed by atoms with Gasteiger partial charge in [-0.25, -0.2) is 4.79 Å². The van der Waals surface area contributed by atoms with Crippen molar-refractivity contribution in [2.45, 2.75) is 19.6 Å². The van der Waals surface area contributed by atoms with Gasteiger partial charge in [-0.3, -0.25) is 37.4 Å². The van der Waals surface area contributed by atoms with E-state index in [4.69, 9.17) is 0 Å². The molecule has 6 amide bonds. The molecule has 0 bridgehead atoms. The van der Waals surface area contributed by atoms with Crippen LogP contribution in [0, 0.1) is 0 Å². The van der Waals surface area contributed by atoms with E-state index in [2.05, 4.69) is 31.9 Å². The molecule has 0 fully saturated rings. The van der Waals surface area contributed by atoms with E-state index in [1.165, 1.54) is 132 Å². The van der Waals surface area contributed by atoms with Crippen LogP contribution in [-0.2, 0) is 68.7 Å². The molecule has 8 aromatic rings. The molecule has 0 aliphatic carbocycles. The minimum absolute atomic E-state index is 0. The summed E-state index contributed by atoms with van der Waals surface area (Å²) in [5.74, 6) is -2.70. The summed E-state index contributed by atoms with van der Waals surface area (Å²) in [6.07, 6.45) is 5.76. The van der Waals surface area contributed by atoms with Crippen LogP contribution in [0.3, 0.4) is 0 Å². The van der Waals surface area contributed by atoms with E-state index < -0.39 is 89.7 Å². The van der Waals surface area contributed by atoms with E-state index in [9.17, 15) is 75.9 Å². The van der Waals surface area contributed by atoms with Gasteiger partial charge in [0.1, 0.15) is 32.6 Å². The average molecular weight is 1220 g/mol. The van der Waals surface area contributed by atoms with Gasteiger partial charge in [-0.2, -0.15) is 33.7 Å². The first-order valence-corrected chi connectivity index (χ1v) is 27.1. The Morgan fingerprint density at radius 2 is 0.613 bits per heavy atom. The second-order valence-electron chi connectivity index (χ2n) is 16.9. The molecule has 0 radical (unpaired) electrons. The monoisotopic (exact) mass is 1220 g/mol. The van der Waals surface area contributed by atoms with Crippen LogP contribution in [0.5, 0.6) is 0 Å². The summed E-state index contributed by atoms with van der Waals surface area (Å²) in [7, 11) is -13.6. The van der Waals surface area contributed by atoms with Gasteiger partial charge in [0.2, 0.25) is 0 Å². The van der Waals surface area contributed by atoms with Crippen LogP contribution in [0.25, 0.3) is 21.5 Å². The number of anilines is 6. The zero-order valence-electron chi connectivity index (χ0n) is 39.4. The van der Waals surface area contributed by atoms with Crippen LogP contribution in [-0.4, -0.2) is 218 Å². The van der Waals surface area contributed by atoms with Crippen LogP contribution in [0.4, 0.5) is 38.9 Å². The summed E-state index contributed by atoms with van der Waals surface area (Å²) < 4.78 is 139. The summed E-state index contributed by atoms with van der Waals surface area (Å²) in [5.41, 5.74) is 1.05. The fourth-order valence-corrected chi connectivity index (χ4v) is 10.7. The molecule has 0 aliphatic heterocycles. The van der Waals surface area contributed by atoms with E-state index in [-0.39, 0.29) is 197 Å². The Hall–Kier alpha value is -4.69. The topological polar surface area (TPSA) is 395 Å². The molecule has 0 saturated heterocycles. The van der Waals surface area contributed by atoms with Crippen molar-refractivity contribution in [1.29, 1.82) is 0 Å². The average Bonchev–Trinajstić information content (AvgIpc) is 4.08. The second-order valence-corrected chi connectivity index (χ2v) is 22.5. The molecule has 80 heavy (non-hydrogen) atoms. The number of rotatable bonds is 14. The first-order valence-electron chi connectivity index (χ1n) is 21.4. The molecule has 27 nitrogen and oxygen atoms in total. The molecule has 4 heterocycles. The van der Waals surface area contributed by atoms with Gasteiger partial charge in [0.15, 0.2) is 0 Å². The van der Waals surface area contributed by atoms with Gasteiger partial charge in [-0.15, -0.1) is 0 Å². The molecule has 4 aromatic heterocycles. The third kappa shape index (κ3) is 15.5. The molecule has 0 atom stereocenters. The first kappa shape index (κ1) is 67.8. The number of amides is 6. The van der Waals surface area contributed by atoms with Crippen molar-refractivity contribution in [2.24, 2.45) is 28.2 Å². The standard InChI is InChI=1S/C45H40N10O17S4.4Na.4H/c1-52-19-27(13-35(52)41(56)46-25-7-5-23-9-31(73(61,62)63)17-39(33(23)11-25)75(67,68)69)48-43(58)37-15-29(21-54(37)3)50-45(60)51-30-16-38(55(4)22-30)44(59)49-28-14-36(53(2)20-28)42(57)47-26-8-6-24-10-32(74(64,65)66)18-40(34(24)12-26)76(70,71)72;;;;;;;;/h5-22H,1-4H3,(H,46,56)(H,47,57)(H,48,58)(H,49,59)(H2,50,51,60)(H,61,62,63)(H,64,65,66)(H,67,68,69)(H,70,71,72);;;;;;;;. The zero-order chi connectivity index (χ0) is 55.6. The number of benzene rings is 4. The maximum absolute atomic E-state index is 13.4. The van der Waals surface area contributed by atoms with E-state index in [1.807, 2.05) is 0 Å². The summed E-state index contributed by atoms with van der Waals surface area (Å²) in [4.78, 5) is 63.4. The van der Waals surface area contributed by atoms with Crippen molar-refractivity contribution >= 4 is 244 Å². The predicted molar refractivity (Wildman–Crippen MR) is 302 cm³/mol. The van der Waals surface area contributed by atoms with E-state index in [0.29, 0.717) is 12.1 Å². The molecule has 0 aliphatic rings. The molecule has 0 spiro atoms. The first-order chi connectivity index (χ1) is 35.3. The Bertz CT molecular complexity index is 4040. The fourth-order valence-electron chi connectivity index (χ4n) is 7.98. The summed E-state index contributed by atoms with van der Waals surface area (Å²) in [6, 6.07) is 15.3. The fraction of sp³-hybridized carbons (Fsp3) is 0.0889. The molecule has 0 saturated carbocycles. The normalized spacial score (nSPS) is 11.5. The number of hydrogen-bond donors (Lipinski definition) is 10. The minimum atomic E-state index is -5.00. The molecule has 8 rings (SSSR count). The van der Waals surface area contributed by atoms with E-state index in [0.717, 1.165) is 12.1 Å². The number of hydrogen-bond acceptors (Lipinski definition) is 13. The van der Waals surface area contributed by atoms with E-state index >= 15 is 0 Å². The van der Waals surface area contributed by atoms with Crippen molar-refractivity contribution in [3.8, 4) is 0 Å². The Kier molecular flexibility index (Phi) is 21.9. The SMILES string of the molecule is Cn1cc(NC(=O)Nc2cc(C(=O)Nc3cc(C(=O)Nc4ccc5cc(S(=O)(=O)O)cc(S(=O)(=O)O)c5c4)n(C)c3)n(C)c2)cc1C(=O)Nc1cc(C(=O)Nc2ccc3cc(S(=O)(=O)O)cc(S(=O)(=O)O)c3c2)n(C)c1.[NaH].[NaH].[NaH].[NaH]. The van der Waals surface area contributed by atoms with Crippen molar-refractivity contribution < 1.29 is 75.9 Å².